The molecular weight excluding hydrogens is 391 g/mol. The average molecular weight is 423 g/mol. The highest BCUT2D eigenvalue weighted by molar-refractivity contribution is 5.88. The van der Waals surface area contributed by atoms with Crippen LogP contribution in [0.2, 0.25) is 0 Å². The third-order valence-electron chi connectivity index (χ3n) is 5.69. The Labute approximate surface area is 184 Å². The summed E-state index contributed by atoms with van der Waals surface area (Å²) in [5, 5.41) is 3.05. The van der Waals surface area contributed by atoms with E-state index in [1.165, 1.54) is 30.5 Å². The first-order chi connectivity index (χ1) is 15.1. The van der Waals surface area contributed by atoms with E-state index < -0.39 is 6.04 Å². The van der Waals surface area contributed by atoms with Crippen LogP contribution in [0.4, 0.5) is 4.39 Å². The number of rotatable bonds is 9. The number of nitrogens with one attached hydrogen (secondary N) is 1. The molecule has 0 fully saturated rings. The van der Waals surface area contributed by atoms with Crippen LogP contribution in [0.25, 0.3) is 0 Å². The molecule has 1 aliphatic carbocycles. The van der Waals surface area contributed by atoms with Crippen LogP contribution in [0.1, 0.15) is 62.6 Å². The van der Waals surface area contributed by atoms with Gasteiger partial charge in [0.25, 0.3) is 0 Å². The molecule has 2 amide bonds. The lowest BCUT2D eigenvalue weighted by atomic mass is 9.97. The summed E-state index contributed by atoms with van der Waals surface area (Å²) in [6.45, 7) is 2.58. The smallest absolute Gasteiger partial charge is 0.247 e. The van der Waals surface area contributed by atoms with Crippen molar-refractivity contribution in [1.29, 1.82) is 0 Å². The molecule has 2 aromatic rings. The van der Waals surface area contributed by atoms with E-state index in [0.717, 1.165) is 30.4 Å². The number of carbonyl (C=O) groups excluding carboxylic acids is 2. The number of benzene rings is 2. The van der Waals surface area contributed by atoms with Crippen molar-refractivity contribution in [3.63, 3.8) is 0 Å². The Bertz CT molecular complexity index is 893. The van der Waals surface area contributed by atoms with Gasteiger partial charge in [0.2, 0.25) is 11.8 Å². The summed E-state index contributed by atoms with van der Waals surface area (Å²) in [6, 6.07) is 14.7. The second-order valence-corrected chi connectivity index (χ2v) is 7.96. The molecule has 0 saturated heterocycles. The van der Waals surface area contributed by atoms with Gasteiger partial charge in [-0.3, -0.25) is 9.59 Å². The highest BCUT2D eigenvalue weighted by Gasteiger charge is 2.30. The SMILES string of the molecule is CCC(=O)N(Cc1ccc(F)cc1)[C@@H](C(=O)NCCC1=CCCCC1)c1ccccc1. The standard InChI is InChI=1S/C26H31FN2O2/c1-2-24(30)29(19-21-13-15-23(27)16-14-21)25(22-11-7-4-8-12-22)26(31)28-18-17-20-9-5-3-6-10-20/h4,7-9,11-16,25H,2-3,5-6,10,17-19H2,1H3,(H,28,31)/t25-/m1/s1. The molecule has 0 spiro atoms. The fourth-order valence-corrected chi connectivity index (χ4v) is 4.00. The van der Waals surface area contributed by atoms with Crippen molar-refractivity contribution in [2.45, 2.75) is 58.0 Å². The van der Waals surface area contributed by atoms with E-state index in [4.69, 9.17) is 0 Å². The zero-order valence-electron chi connectivity index (χ0n) is 18.1. The van der Waals surface area contributed by atoms with E-state index in [1.54, 1.807) is 24.0 Å². The molecular formula is C26H31FN2O2. The third kappa shape index (κ3) is 6.51. The van der Waals surface area contributed by atoms with Crippen LogP contribution in [-0.2, 0) is 16.1 Å². The van der Waals surface area contributed by atoms with E-state index in [1.807, 2.05) is 30.3 Å². The highest BCUT2D eigenvalue weighted by atomic mass is 19.1. The molecule has 1 N–H and O–H groups in total. The van der Waals surface area contributed by atoms with Gasteiger partial charge in [0.05, 0.1) is 0 Å². The van der Waals surface area contributed by atoms with Gasteiger partial charge in [-0.2, -0.15) is 0 Å². The maximum absolute atomic E-state index is 13.3. The predicted octanol–water partition coefficient (Wildman–Crippen LogP) is 5.31. The van der Waals surface area contributed by atoms with Gasteiger partial charge >= 0.3 is 0 Å². The number of carbonyl (C=O) groups is 2. The molecule has 0 aromatic heterocycles. The molecule has 0 saturated carbocycles. The van der Waals surface area contributed by atoms with Crippen LogP contribution in [0, 0.1) is 5.82 Å². The lowest BCUT2D eigenvalue weighted by Crippen LogP contribution is -2.43. The first kappa shape index (κ1) is 22.7. The Morgan fingerprint density at radius 1 is 1.06 bits per heavy atom. The van der Waals surface area contributed by atoms with Crippen molar-refractivity contribution in [2.75, 3.05) is 6.54 Å². The fourth-order valence-electron chi connectivity index (χ4n) is 4.00. The summed E-state index contributed by atoms with van der Waals surface area (Å²) in [5.41, 5.74) is 2.95. The van der Waals surface area contributed by atoms with Crippen LogP contribution in [-0.4, -0.2) is 23.3 Å². The van der Waals surface area contributed by atoms with Crippen LogP contribution in [0.5, 0.6) is 0 Å². The van der Waals surface area contributed by atoms with Gasteiger partial charge < -0.3 is 10.2 Å². The molecule has 164 valence electrons. The van der Waals surface area contributed by atoms with Gasteiger partial charge in [0.15, 0.2) is 0 Å². The van der Waals surface area contributed by atoms with Crippen molar-refractivity contribution in [3.05, 3.63) is 83.2 Å². The Morgan fingerprint density at radius 3 is 2.45 bits per heavy atom. The molecule has 0 unspecified atom stereocenters. The molecule has 0 aliphatic heterocycles. The quantitative estimate of drug-likeness (QED) is 0.557. The number of amides is 2. The van der Waals surface area contributed by atoms with Crippen molar-refractivity contribution in [1.82, 2.24) is 10.2 Å². The molecule has 5 heteroatoms. The fraction of sp³-hybridized carbons (Fsp3) is 0.385. The summed E-state index contributed by atoms with van der Waals surface area (Å²) in [4.78, 5) is 27.8. The van der Waals surface area contributed by atoms with Crippen molar-refractivity contribution in [3.8, 4) is 0 Å². The van der Waals surface area contributed by atoms with Gasteiger partial charge in [-0.25, -0.2) is 4.39 Å². The molecule has 31 heavy (non-hydrogen) atoms. The minimum absolute atomic E-state index is 0.122. The summed E-state index contributed by atoms with van der Waals surface area (Å²) in [7, 11) is 0. The largest absolute Gasteiger partial charge is 0.354 e. The Morgan fingerprint density at radius 2 is 1.81 bits per heavy atom. The van der Waals surface area contributed by atoms with Crippen LogP contribution >= 0.6 is 0 Å². The molecule has 3 rings (SSSR count). The zero-order chi connectivity index (χ0) is 22.1. The van der Waals surface area contributed by atoms with Gasteiger partial charge in [-0.15, -0.1) is 0 Å². The summed E-state index contributed by atoms with van der Waals surface area (Å²) >= 11 is 0. The topological polar surface area (TPSA) is 49.4 Å². The summed E-state index contributed by atoms with van der Waals surface area (Å²) in [6.07, 6.45) is 8.07. The van der Waals surface area contributed by atoms with E-state index in [0.29, 0.717) is 6.54 Å². The van der Waals surface area contributed by atoms with E-state index >= 15 is 0 Å². The Kier molecular flexibility index (Phi) is 8.39. The van der Waals surface area contributed by atoms with Crippen molar-refractivity contribution < 1.29 is 14.0 Å². The number of hydrogen-bond donors (Lipinski definition) is 1. The Hall–Kier alpha value is -2.95. The second kappa shape index (κ2) is 11.4. The zero-order valence-corrected chi connectivity index (χ0v) is 18.1. The second-order valence-electron chi connectivity index (χ2n) is 7.96. The summed E-state index contributed by atoms with van der Waals surface area (Å²) in [5.74, 6) is -0.638. The number of allylic oxidation sites excluding steroid dienone is 1. The Balaban J connectivity index is 1.80. The minimum Gasteiger partial charge on any atom is -0.354 e. The highest BCUT2D eigenvalue weighted by Crippen LogP contribution is 2.25. The summed E-state index contributed by atoms with van der Waals surface area (Å²) < 4.78 is 13.3. The minimum atomic E-state index is -0.737. The predicted molar refractivity (Wildman–Crippen MR) is 121 cm³/mol. The van der Waals surface area contributed by atoms with E-state index in [-0.39, 0.29) is 30.6 Å². The first-order valence-electron chi connectivity index (χ1n) is 11.1. The monoisotopic (exact) mass is 422 g/mol. The molecule has 1 aliphatic rings. The van der Waals surface area contributed by atoms with Crippen molar-refractivity contribution in [2.24, 2.45) is 0 Å². The number of hydrogen-bond acceptors (Lipinski definition) is 2. The maximum Gasteiger partial charge on any atom is 0.247 e. The van der Waals surface area contributed by atoms with Crippen LogP contribution in [0.3, 0.4) is 0 Å². The van der Waals surface area contributed by atoms with Crippen LogP contribution < -0.4 is 5.32 Å². The molecule has 0 heterocycles. The molecule has 2 aromatic carbocycles. The van der Waals surface area contributed by atoms with Gasteiger partial charge in [-0.05, 0) is 55.4 Å². The lowest BCUT2D eigenvalue weighted by Gasteiger charge is -2.31. The molecule has 4 nitrogen and oxygen atoms in total. The molecule has 0 radical (unpaired) electrons. The molecule has 1 atom stereocenters. The average Bonchev–Trinajstić information content (AvgIpc) is 2.81. The lowest BCUT2D eigenvalue weighted by molar-refractivity contribution is -0.141. The van der Waals surface area contributed by atoms with E-state index in [9.17, 15) is 14.0 Å². The maximum atomic E-state index is 13.3. The van der Waals surface area contributed by atoms with Crippen molar-refractivity contribution >= 4 is 11.8 Å². The van der Waals surface area contributed by atoms with Crippen LogP contribution in [0.15, 0.2) is 66.2 Å². The van der Waals surface area contributed by atoms with E-state index in [2.05, 4.69) is 11.4 Å². The molecule has 0 bridgehead atoms. The van der Waals surface area contributed by atoms with Gasteiger partial charge in [0.1, 0.15) is 11.9 Å². The third-order valence-corrected chi connectivity index (χ3v) is 5.69. The van der Waals surface area contributed by atoms with Gasteiger partial charge in [-0.1, -0.05) is 61.0 Å². The number of halogens is 1. The normalized spacial score (nSPS) is 14.5. The number of nitrogens with zero attached hydrogens (tertiary/aromatic N) is 1. The first-order valence-corrected chi connectivity index (χ1v) is 11.1. The van der Waals surface area contributed by atoms with Gasteiger partial charge in [0, 0.05) is 19.5 Å².